The number of amides is 1. The molecule has 0 aliphatic heterocycles. The molecule has 1 unspecified atom stereocenters. The van der Waals surface area contributed by atoms with Crippen LogP contribution >= 0.6 is 0 Å². The molecule has 0 fully saturated rings. The van der Waals surface area contributed by atoms with Crippen LogP contribution in [0.25, 0.3) is 0 Å². The molecule has 7 heteroatoms. The minimum Gasteiger partial charge on any atom is -0.497 e. The summed E-state index contributed by atoms with van der Waals surface area (Å²) in [5.74, 6) is -1.39. The molecule has 0 saturated carbocycles. The Bertz CT molecular complexity index is 916. The van der Waals surface area contributed by atoms with E-state index in [4.69, 9.17) is 9.47 Å². The van der Waals surface area contributed by atoms with E-state index >= 15 is 0 Å². The summed E-state index contributed by atoms with van der Waals surface area (Å²) in [6.45, 7) is 8.51. The summed E-state index contributed by atoms with van der Waals surface area (Å²) in [7, 11) is 1.56. The number of carbonyl (C=O) groups is 3. The number of carbonyl (C=O) groups excluding carboxylic acids is 3. The summed E-state index contributed by atoms with van der Waals surface area (Å²) in [4.78, 5) is 39.0. The summed E-state index contributed by atoms with van der Waals surface area (Å²) in [6, 6.07) is 14.1. The van der Waals surface area contributed by atoms with Crippen LogP contribution in [0, 0.1) is 0 Å². The SMILES string of the molecule is CCOC(=O)C(=O)N(C)C(C(=O)Cc1ccc([Si](C)(C)C)cc1)c1ccc(OC)cc1. The first-order chi connectivity index (χ1) is 14.6. The second-order valence-electron chi connectivity index (χ2n) is 8.40. The summed E-state index contributed by atoms with van der Waals surface area (Å²) in [5, 5.41) is 1.31. The molecule has 0 spiro atoms. The Morgan fingerprint density at radius 3 is 2.03 bits per heavy atom. The fraction of sp³-hybridized carbons (Fsp3) is 0.375. The third kappa shape index (κ3) is 6.27. The van der Waals surface area contributed by atoms with E-state index in [2.05, 4.69) is 31.8 Å². The van der Waals surface area contributed by atoms with E-state index in [1.165, 1.54) is 12.2 Å². The maximum absolute atomic E-state index is 13.3. The van der Waals surface area contributed by atoms with Crippen LogP contribution in [0.15, 0.2) is 48.5 Å². The van der Waals surface area contributed by atoms with E-state index in [0.29, 0.717) is 11.3 Å². The van der Waals surface area contributed by atoms with Crippen molar-refractivity contribution in [3.63, 3.8) is 0 Å². The van der Waals surface area contributed by atoms with E-state index in [1.54, 1.807) is 38.3 Å². The van der Waals surface area contributed by atoms with Gasteiger partial charge in [-0.1, -0.05) is 61.2 Å². The highest BCUT2D eigenvalue weighted by molar-refractivity contribution is 6.88. The molecule has 2 rings (SSSR count). The lowest BCUT2D eigenvalue weighted by atomic mass is 9.96. The second-order valence-corrected chi connectivity index (χ2v) is 13.5. The molecule has 0 saturated heterocycles. The highest BCUT2D eigenvalue weighted by Crippen LogP contribution is 2.25. The van der Waals surface area contributed by atoms with Crippen LogP contribution in [-0.4, -0.2) is 51.4 Å². The van der Waals surface area contributed by atoms with Crippen LogP contribution in [0.3, 0.4) is 0 Å². The molecule has 6 nitrogen and oxygen atoms in total. The number of hydrogen-bond acceptors (Lipinski definition) is 5. The maximum Gasteiger partial charge on any atom is 0.397 e. The highest BCUT2D eigenvalue weighted by Gasteiger charge is 2.32. The Hall–Kier alpha value is -2.93. The summed E-state index contributed by atoms with van der Waals surface area (Å²) in [5.41, 5.74) is 1.46. The molecule has 166 valence electrons. The van der Waals surface area contributed by atoms with E-state index in [9.17, 15) is 14.4 Å². The predicted molar refractivity (Wildman–Crippen MR) is 123 cm³/mol. The van der Waals surface area contributed by atoms with E-state index in [1.807, 2.05) is 12.1 Å². The van der Waals surface area contributed by atoms with Gasteiger partial charge in [0, 0.05) is 13.5 Å². The number of rotatable bonds is 8. The maximum atomic E-state index is 13.3. The van der Waals surface area contributed by atoms with Crippen LogP contribution in [0.2, 0.25) is 19.6 Å². The van der Waals surface area contributed by atoms with Crippen LogP contribution in [0.1, 0.15) is 24.1 Å². The molecule has 0 bridgehead atoms. The van der Waals surface area contributed by atoms with Gasteiger partial charge in [-0.2, -0.15) is 0 Å². The zero-order valence-corrected chi connectivity index (χ0v) is 20.1. The summed E-state index contributed by atoms with van der Waals surface area (Å²) in [6.07, 6.45) is 0.142. The number of ketones is 1. The number of hydrogen-bond donors (Lipinski definition) is 0. The van der Waals surface area contributed by atoms with Gasteiger partial charge in [0.1, 0.15) is 11.8 Å². The van der Waals surface area contributed by atoms with Crippen molar-refractivity contribution in [3.05, 3.63) is 59.7 Å². The van der Waals surface area contributed by atoms with Crippen molar-refractivity contribution in [3.8, 4) is 5.75 Å². The molecule has 31 heavy (non-hydrogen) atoms. The first-order valence-electron chi connectivity index (χ1n) is 10.3. The lowest BCUT2D eigenvalue weighted by Gasteiger charge is -2.27. The average Bonchev–Trinajstić information content (AvgIpc) is 2.73. The van der Waals surface area contributed by atoms with Crippen LogP contribution < -0.4 is 9.92 Å². The lowest BCUT2D eigenvalue weighted by molar-refractivity contribution is -0.161. The summed E-state index contributed by atoms with van der Waals surface area (Å²) < 4.78 is 10.0. The Morgan fingerprint density at radius 2 is 1.55 bits per heavy atom. The van der Waals surface area contributed by atoms with Crippen LogP contribution in [-0.2, 0) is 25.5 Å². The molecule has 2 aromatic carbocycles. The van der Waals surface area contributed by atoms with E-state index in [-0.39, 0.29) is 18.8 Å². The number of likely N-dealkylation sites (N-methyl/N-ethyl adjacent to an activating group) is 1. The highest BCUT2D eigenvalue weighted by atomic mass is 28.3. The van der Waals surface area contributed by atoms with E-state index in [0.717, 1.165) is 10.5 Å². The van der Waals surface area contributed by atoms with Gasteiger partial charge in [0.2, 0.25) is 0 Å². The minimum atomic E-state index is -1.43. The standard InChI is InChI=1S/C24H31NO5Si/c1-7-30-24(28)23(27)25(2)22(18-10-12-19(29-3)13-11-18)21(26)16-17-8-14-20(15-9-17)31(4,5)6/h8-15,22H,7,16H2,1-6H3. The quantitative estimate of drug-likeness (QED) is 0.358. The molecule has 1 atom stereocenters. The zero-order chi connectivity index (χ0) is 23.2. The number of Topliss-reactive ketones (excluding diaryl/α,β-unsaturated/α-hetero) is 1. The third-order valence-corrected chi connectivity index (χ3v) is 7.16. The van der Waals surface area contributed by atoms with Crippen molar-refractivity contribution in [2.75, 3.05) is 20.8 Å². The van der Waals surface area contributed by atoms with Crippen molar-refractivity contribution in [1.29, 1.82) is 0 Å². The van der Waals surface area contributed by atoms with Crippen molar-refractivity contribution < 1.29 is 23.9 Å². The third-order valence-electron chi connectivity index (χ3n) is 5.09. The zero-order valence-electron chi connectivity index (χ0n) is 19.1. The molecule has 0 aromatic heterocycles. The number of ether oxygens (including phenoxy) is 2. The molecule has 0 radical (unpaired) electrons. The van der Waals surface area contributed by atoms with Crippen molar-refractivity contribution in [2.24, 2.45) is 0 Å². The summed E-state index contributed by atoms with van der Waals surface area (Å²) >= 11 is 0. The molecule has 0 N–H and O–H groups in total. The average molecular weight is 442 g/mol. The first-order valence-corrected chi connectivity index (χ1v) is 13.8. The molecule has 0 aliphatic rings. The van der Waals surface area contributed by atoms with Crippen molar-refractivity contribution >= 4 is 30.9 Å². The largest absolute Gasteiger partial charge is 0.497 e. The Labute approximate surface area is 185 Å². The van der Waals surface area contributed by atoms with Gasteiger partial charge in [-0.05, 0) is 30.2 Å². The molecular weight excluding hydrogens is 410 g/mol. The Kier molecular flexibility index (Phi) is 8.16. The Morgan fingerprint density at radius 1 is 0.968 bits per heavy atom. The second kappa shape index (κ2) is 10.4. The van der Waals surface area contributed by atoms with Gasteiger partial charge in [0.25, 0.3) is 0 Å². The number of esters is 1. The number of benzene rings is 2. The van der Waals surface area contributed by atoms with Crippen molar-refractivity contribution in [1.82, 2.24) is 4.90 Å². The van der Waals surface area contributed by atoms with E-state index < -0.39 is 26.0 Å². The first kappa shape index (κ1) is 24.3. The molecular formula is C24H31NO5Si. The lowest BCUT2D eigenvalue weighted by Crippen LogP contribution is -2.41. The molecule has 2 aromatic rings. The smallest absolute Gasteiger partial charge is 0.397 e. The molecule has 0 heterocycles. The normalized spacial score (nSPS) is 12.1. The van der Waals surface area contributed by atoms with Gasteiger partial charge in [-0.15, -0.1) is 0 Å². The van der Waals surface area contributed by atoms with Gasteiger partial charge in [0.15, 0.2) is 5.78 Å². The minimum absolute atomic E-state index is 0.0863. The van der Waals surface area contributed by atoms with Gasteiger partial charge in [0.05, 0.1) is 21.8 Å². The number of nitrogens with zero attached hydrogens (tertiary/aromatic N) is 1. The monoisotopic (exact) mass is 441 g/mol. The predicted octanol–water partition coefficient (Wildman–Crippen LogP) is 3.11. The van der Waals surface area contributed by atoms with Gasteiger partial charge >= 0.3 is 11.9 Å². The van der Waals surface area contributed by atoms with Gasteiger partial charge in [-0.25, -0.2) is 4.79 Å². The van der Waals surface area contributed by atoms with Crippen molar-refractivity contribution in [2.45, 2.75) is 39.0 Å². The fourth-order valence-electron chi connectivity index (χ4n) is 3.29. The topological polar surface area (TPSA) is 72.9 Å². The van der Waals surface area contributed by atoms with Crippen LogP contribution in [0.5, 0.6) is 5.75 Å². The van der Waals surface area contributed by atoms with Gasteiger partial charge < -0.3 is 14.4 Å². The fourth-order valence-corrected chi connectivity index (χ4v) is 4.45. The molecule has 1 amide bonds. The van der Waals surface area contributed by atoms with Crippen LogP contribution in [0.4, 0.5) is 0 Å². The number of methoxy groups -OCH3 is 1. The Balaban J connectivity index is 2.33. The van der Waals surface area contributed by atoms with Gasteiger partial charge in [-0.3, -0.25) is 9.59 Å². The molecule has 0 aliphatic carbocycles.